The maximum atomic E-state index is 13.2. The van der Waals surface area contributed by atoms with Gasteiger partial charge in [-0.15, -0.1) is 3.89 Å². The Balaban J connectivity index is 2.23. The molecule has 1 heterocycles. The van der Waals surface area contributed by atoms with E-state index in [2.05, 4.69) is 15.9 Å². The second-order valence-corrected chi connectivity index (χ2v) is 6.64. The Morgan fingerprint density at radius 1 is 1.42 bits per heavy atom. The van der Waals surface area contributed by atoms with Crippen LogP contribution in [0.15, 0.2) is 22.7 Å². The molecule has 1 unspecified atom stereocenters. The molecular formula is C11H10BrF2NO3S. The number of hydrogen-bond donors (Lipinski definition) is 0. The lowest BCUT2D eigenvalue weighted by atomic mass is 10.1. The highest BCUT2D eigenvalue weighted by Gasteiger charge is 2.34. The molecule has 1 aliphatic rings. The number of carbonyl (C=O) groups excluding carboxylic acids is 1. The van der Waals surface area contributed by atoms with E-state index >= 15 is 0 Å². The standard InChI is InChI=1S/C11H10BrF2NO3S/c12-9-2-1-8(13)4-10(9)15-5-7(3-11(15)16)6-19(14,17)18/h1-2,4,7H,3,5-6H2. The van der Waals surface area contributed by atoms with Crippen molar-refractivity contribution in [2.24, 2.45) is 5.92 Å². The van der Waals surface area contributed by atoms with E-state index in [9.17, 15) is 21.5 Å². The van der Waals surface area contributed by atoms with Crippen LogP contribution in [0.4, 0.5) is 14.0 Å². The van der Waals surface area contributed by atoms with E-state index in [1.807, 2.05) is 0 Å². The Bertz CT molecular complexity index is 620. The van der Waals surface area contributed by atoms with Gasteiger partial charge in [-0.2, -0.15) is 8.42 Å². The zero-order chi connectivity index (χ0) is 14.2. The minimum absolute atomic E-state index is 0.0596. The van der Waals surface area contributed by atoms with Crippen LogP contribution in [0.1, 0.15) is 6.42 Å². The maximum Gasteiger partial charge on any atom is 0.302 e. The summed E-state index contributed by atoms with van der Waals surface area (Å²) in [5, 5.41) is 0. The van der Waals surface area contributed by atoms with Gasteiger partial charge in [0.05, 0.1) is 11.4 Å². The van der Waals surface area contributed by atoms with Crippen molar-refractivity contribution >= 4 is 37.7 Å². The van der Waals surface area contributed by atoms with E-state index < -0.39 is 27.7 Å². The van der Waals surface area contributed by atoms with Crippen molar-refractivity contribution < 1.29 is 21.5 Å². The molecule has 1 aromatic rings. The summed E-state index contributed by atoms with van der Waals surface area (Å²) in [6.07, 6.45) is -0.0634. The van der Waals surface area contributed by atoms with Crippen molar-refractivity contribution in [1.29, 1.82) is 0 Å². The zero-order valence-corrected chi connectivity index (χ0v) is 12.0. The summed E-state index contributed by atoms with van der Waals surface area (Å²) >= 11 is 3.20. The third kappa shape index (κ3) is 3.50. The lowest BCUT2D eigenvalue weighted by Gasteiger charge is -2.18. The first-order chi connectivity index (χ1) is 8.76. The number of hydrogen-bond acceptors (Lipinski definition) is 3. The molecule has 104 valence electrons. The molecule has 2 rings (SSSR count). The van der Waals surface area contributed by atoms with Crippen LogP contribution >= 0.6 is 15.9 Å². The molecule has 1 saturated heterocycles. The molecule has 1 fully saturated rings. The first-order valence-corrected chi connectivity index (χ1v) is 7.78. The predicted octanol–water partition coefficient (Wildman–Crippen LogP) is 2.24. The second-order valence-electron chi connectivity index (χ2n) is 4.38. The number of anilines is 1. The van der Waals surface area contributed by atoms with Gasteiger partial charge in [0, 0.05) is 23.4 Å². The number of rotatable bonds is 3. The topological polar surface area (TPSA) is 54.5 Å². The Kier molecular flexibility index (Phi) is 3.91. The monoisotopic (exact) mass is 353 g/mol. The third-order valence-corrected chi connectivity index (χ3v) is 4.38. The van der Waals surface area contributed by atoms with Gasteiger partial charge in [0.15, 0.2) is 0 Å². The number of benzene rings is 1. The fourth-order valence-electron chi connectivity index (χ4n) is 2.10. The van der Waals surface area contributed by atoms with Gasteiger partial charge in [-0.05, 0) is 34.1 Å². The van der Waals surface area contributed by atoms with Crippen molar-refractivity contribution in [3.8, 4) is 0 Å². The summed E-state index contributed by atoms with van der Waals surface area (Å²) in [6.45, 7) is 0.0596. The molecule has 0 radical (unpaired) electrons. The molecule has 4 nitrogen and oxygen atoms in total. The van der Waals surface area contributed by atoms with Crippen LogP contribution in [0, 0.1) is 11.7 Å². The molecule has 8 heteroatoms. The molecule has 0 spiro atoms. The normalized spacial score (nSPS) is 20.1. The molecular weight excluding hydrogens is 344 g/mol. The first-order valence-electron chi connectivity index (χ1n) is 5.44. The van der Waals surface area contributed by atoms with Crippen molar-refractivity contribution in [3.05, 3.63) is 28.5 Å². The average molecular weight is 354 g/mol. The highest BCUT2D eigenvalue weighted by Crippen LogP contribution is 2.32. The van der Waals surface area contributed by atoms with Gasteiger partial charge in [0.2, 0.25) is 5.91 Å². The molecule has 1 aliphatic heterocycles. The number of nitrogens with zero attached hydrogens (tertiary/aromatic N) is 1. The molecule has 0 aliphatic carbocycles. The number of amides is 1. The molecule has 19 heavy (non-hydrogen) atoms. The van der Waals surface area contributed by atoms with E-state index in [4.69, 9.17) is 0 Å². The Morgan fingerprint density at radius 3 is 2.74 bits per heavy atom. The van der Waals surface area contributed by atoms with E-state index in [1.165, 1.54) is 23.1 Å². The predicted molar refractivity (Wildman–Crippen MR) is 69.5 cm³/mol. The van der Waals surface area contributed by atoms with Gasteiger partial charge in [-0.1, -0.05) is 0 Å². The van der Waals surface area contributed by atoms with Crippen LogP contribution < -0.4 is 4.90 Å². The zero-order valence-electron chi connectivity index (χ0n) is 9.64. The summed E-state index contributed by atoms with van der Waals surface area (Å²) in [5.41, 5.74) is 0.323. The lowest BCUT2D eigenvalue weighted by molar-refractivity contribution is -0.117. The van der Waals surface area contributed by atoms with Crippen molar-refractivity contribution in [2.45, 2.75) is 6.42 Å². The molecule has 1 amide bonds. The van der Waals surface area contributed by atoms with Gasteiger partial charge in [0.25, 0.3) is 0 Å². The third-order valence-electron chi connectivity index (χ3n) is 2.84. The van der Waals surface area contributed by atoms with E-state index in [0.29, 0.717) is 10.2 Å². The van der Waals surface area contributed by atoms with Crippen LogP contribution in [0.3, 0.4) is 0 Å². The van der Waals surface area contributed by atoms with E-state index in [-0.39, 0.29) is 18.9 Å². The Morgan fingerprint density at radius 2 is 2.11 bits per heavy atom. The second kappa shape index (κ2) is 5.16. The molecule has 0 saturated carbocycles. The van der Waals surface area contributed by atoms with Crippen molar-refractivity contribution in [2.75, 3.05) is 17.2 Å². The van der Waals surface area contributed by atoms with Crippen LogP contribution in [0.25, 0.3) is 0 Å². The summed E-state index contributed by atoms with van der Waals surface area (Å²) in [6, 6.07) is 3.86. The average Bonchev–Trinajstić information content (AvgIpc) is 2.60. The number of carbonyl (C=O) groups is 1. The minimum atomic E-state index is -4.62. The van der Waals surface area contributed by atoms with E-state index in [0.717, 1.165) is 0 Å². The maximum absolute atomic E-state index is 13.2. The van der Waals surface area contributed by atoms with Crippen molar-refractivity contribution in [3.63, 3.8) is 0 Å². The molecule has 0 aromatic heterocycles. The highest BCUT2D eigenvalue weighted by molar-refractivity contribution is 9.10. The number of halogens is 3. The summed E-state index contributed by atoms with van der Waals surface area (Å²) in [7, 11) is -4.62. The van der Waals surface area contributed by atoms with Gasteiger partial charge in [-0.25, -0.2) is 4.39 Å². The van der Waals surface area contributed by atoms with Gasteiger partial charge < -0.3 is 4.90 Å². The Labute approximate surface area is 117 Å². The van der Waals surface area contributed by atoms with Crippen LogP contribution in [-0.4, -0.2) is 26.6 Å². The van der Waals surface area contributed by atoms with Crippen LogP contribution in [0.5, 0.6) is 0 Å². The summed E-state index contributed by atoms with van der Waals surface area (Å²) in [5.74, 6) is -2.16. The minimum Gasteiger partial charge on any atom is -0.311 e. The quantitative estimate of drug-likeness (QED) is 0.783. The Hall–Kier alpha value is -1.02. The summed E-state index contributed by atoms with van der Waals surface area (Å²) < 4.78 is 47.5. The first kappa shape index (κ1) is 14.4. The summed E-state index contributed by atoms with van der Waals surface area (Å²) in [4.78, 5) is 13.1. The molecule has 1 aromatic carbocycles. The van der Waals surface area contributed by atoms with Crippen molar-refractivity contribution in [1.82, 2.24) is 0 Å². The van der Waals surface area contributed by atoms with Gasteiger partial charge in [-0.3, -0.25) is 4.79 Å². The largest absolute Gasteiger partial charge is 0.311 e. The smallest absolute Gasteiger partial charge is 0.302 e. The fraction of sp³-hybridized carbons (Fsp3) is 0.364. The molecule has 0 N–H and O–H groups in total. The van der Waals surface area contributed by atoms with Crippen LogP contribution in [0.2, 0.25) is 0 Å². The SMILES string of the molecule is O=C1CC(CS(=O)(=O)F)CN1c1cc(F)ccc1Br. The molecule has 1 atom stereocenters. The lowest BCUT2D eigenvalue weighted by Crippen LogP contribution is -2.25. The van der Waals surface area contributed by atoms with Crippen LogP contribution in [-0.2, 0) is 15.0 Å². The fourth-order valence-corrected chi connectivity index (χ4v) is 3.35. The molecule has 0 bridgehead atoms. The van der Waals surface area contributed by atoms with Gasteiger partial charge in [0.1, 0.15) is 5.82 Å². The van der Waals surface area contributed by atoms with Gasteiger partial charge >= 0.3 is 10.2 Å². The van der Waals surface area contributed by atoms with E-state index in [1.54, 1.807) is 0 Å². The highest BCUT2D eigenvalue weighted by atomic mass is 79.9.